The Kier molecular flexibility index (Phi) is 3.87. The van der Waals surface area contributed by atoms with Gasteiger partial charge in [0.15, 0.2) is 0 Å². The summed E-state index contributed by atoms with van der Waals surface area (Å²) in [6.07, 6.45) is 0.729. The highest BCUT2D eigenvalue weighted by Crippen LogP contribution is 2.35. The average Bonchev–Trinajstić information content (AvgIpc) is 2.62. The lowest BCUT2D eigenvalue weighted by Gasteiger charge is -2.38. The maximum absolute atomic E-state index is 13.4. The second-order valence-corrected chi connectivity index (χ2v) is 5.89. The number of carbonyl (C=O) groups excluding carboxylic acids is 2. The zero-order valence-corrected chi connectivity index (χ0v) is 12.3. The maximum Gasteiger partial charge on any atom is 0.310 e. The van der Waals surface area contributed by atoms with Gasteiger partial charge in [0.05, 0.1) is 19.1 Å². The molecule has 0 radical (unpaired) electrons. The van der Waals surface area contributed by atoms with E-state index in [-0.39, 0.29) is 30.4 Å². The maximum atomic E-state index is 13.4. The molecule has 2 heterocycles. The minimum Gasteiger partial charge on any atom is -0.469 e. The second-order valence-electron chi connectivity index (χ2n) is 5.89. The average molecular weight is 307 g/mol. The van der Waals surface area contributed by atoms with E-state index in [1.807, 2.05) is 0 Å². The van der Waals surface area contributed by atoms with Crippen molar-refractivity contribution in [2.24, 2.45) is 5.92 Å². The molecule has 6 heteroatoms. The van der Waals surface area contributed by atoms with Crippen molar-refractivity contribution in [2.45, 2.75) is 31.4 Å². The quantitative estimate of drug-likeness (QED) is 0.801. The van der Waals surface area contributed by atoms with Crippen LogP contribution in [0.2, 0.25) is 0 Å². The number of ether oxygens (including phenoxy) is 1. The fourth-order valence-electron chi connectivity index (χ4n) is 3.42. The lowest BCUT2D eigenvalue weighted by atomic mass is 9.90. The van der Waals surface area contributed by atoms with Crippen molar-refractivity contribution in [1.29, 1.82) is 0 Å². The molecule has 0 spiro atoms. The predicted molar refractivity (Wildman–Crippen MR) is 75.5 cm³/mol. The predicted octanol–water partition coefficient (Wildman–Crippen LogP) is 1.66. The highest BCUT2D eigenvalue weighted by molar-refractivity contribution is 5.96. The molecule has 0 bridgehead atoms. The van der Waals surface area contributed by atoms with Crippen LogP contribution < -0.4 is 0 Å². The lowest BCUT2D eigenvalue weighted by Crippen LogP contribution is -2.48. The molecule has 1 amide bonds. The van der Waals surface area contributed by atoms with E-state index in [0.29, 0.717) is 30.4 Å². The molecule has 3 atom stereocenters. The summed E-state index contributed by atoms with van der Waals surface area (Å²) in [5.74, 6) is -1.40. The molecule has 1 fully saturated rings. The molecular weight excluding hydrogens is 289 g/mol. The van der Waals surface area contributed by atoms with Crippen LogP contribution in [0, 0.1) is 11.7 Å². The third-order valence-electron chi connectivity index (χ3n) is 4.60. The Balaban J connectivity index is 1.94. The minimum atomic E-state index is -0.876. The number of carbonyl (C=O) groups is 2. The number of amides is 1. The van der Waals surface area contributed by atoms with Gasteiger partial charge in [0.25, 0.3) is 5.91 Å². The van der Waals surface area contributed by atoms with E-state index < -0.39 is 11.9 Å². The molecule has 0 saturated carbocycles. The van der Waals surface area contributed by atoms with Crippen LogP contribution in [0.25, 0.3) is 0 Å². The first-order valence-corrected chi connectivity index (χ1v) is 7.37. The third-order valence-corrected chi connectivity index (χ3v) is 4.60. The molecule has 0 aromatic heterocycles. The first-order valence-electron chi connectivity index (χ1n) is 7.37. The number of nitrogens with zero attached hydrogens (tertiary/aromatic N) is 1. The van der Waals surface area contributed by atoms with Gasteiger partial charge in [-0.2, -0.15) is 0 Å². The highest BCUT2D eigenvalue weighted by atomic mass is 19.1. The third kappa shape index (κ3) is 2.47. The molecule has 1 aromatic rings. The van der Waals surface area contributed by atoms with Gasteiger partial charge in [-0.05, 0) is 43.0 Å². The van der Waals surface area contributed by atoms with Crippen LogP contribution in [0.15, 0.2) is 18.2 Å². The summed E-state index contributed by atoms with van der Waals surface area (Å²) < 4.78 is 18.2. The number of aliphatic hydroxyl groups is 1. The van der Waals surface area contributed by atoms with Crippen LogP contribution in [0.5, 0.6) is 0 Å². The highest BCUT2D eigenvalue weighted by Gasteiger charge is 2.40. The molecule has 2 aliphatic rings. The number of rotatable bonds is 1. The van der Waals surface area contributed by atoms with E-state index in [1.165, 1.54) is 25.3 Å². The first kappa shape index (κ1) is 15.0. The minimum absolute atomic E-state index is 0.140. The molecule has 0 aliphatic carbocycles. The van der Waals surface area contributed by atoms with E-state index in [0.717, 1.165) is 0 Å². The summed E-state index contributed by atoms with van der Waals surface area (Å²) in [7, 11) is 1.33. The summed E-state index contributed by atoms with van der Waals surface area (Å²) in [6.45, 7) is 0.277. The van der Waals surface area contributed by atoms with Gasteiger partial charge in [0.2, 0.25) is 0 Å². The van der Waals surface area contributed by atoms with Crippen LogP contribution >= 0.6 is 0 Å². The van der Waals surface area contributed by atoms with Crippen LogP contribution in [-0.2, 0) is 9.53 Å². The SMILES string of the molecule is COC(=O)[C@H]1CC[C@H]2CC(O)c3cc(F)ccc3C(=O)N2C1. The standard InChI is InChI=1S/C16H18FNO4/c1-22-16(21)9-2-4-11-7-14(19)13-6-10(17)3-5-12(13)15(20)18(11)8-9/h3,5-6,9,11,14,19H,2,4,7-8H2,1H3/t9-,11-,14?/m0/s1. The number of benzene rings is 1. The van der Waals surface area contributed by atoms with Crippen molar-refractivity contribution in [2.75, 3.05) is 13.7 Å². The Morgan fingerprint density at radius 2 is 2.18 bits per heavy atom. The number of hydrogen-bond donors (Lipinski definition) is 1. The van der Waals surface area contributed by atoms with Gasteiger partial charge in [-0.15, -0.1) is 0 Å². The van der Waals surface area contributed by atoms with Gasteiger partial charge in [-0.3, -0.25) is 9.59 Å². The van der Waals surface area contributed by atoms with Crippen molar-refractivity contribution in [3.63, 3.8) is 0 Å². The molecule has 1 N–H and O–H groups in total. The van der Waals surface area contributed by atoms with E-state index in [9.17, 15) is 19.1 Å². The van der Waals surface area contributed by atoms with E-state index in [2.05, 4.69) is 0 Å². The normalized spacial score (nSPS) is 27.7. The van der Waals surface area contributed by atoms with Crippen LogP contribution in [-0.4, -0.2) is 41.6 Å². The van der Waals surface area contributed by atoms with Gasteiger partial charge < -0.3 is 14.7 Å². The fourth-order valence-corrected chi connectivity index (χ4v) is 3.42. The lowest BCUT2D eigenvalue weighted by molar-refractivity contribution is -0.147. The van der Waals surface area contributed by atoms with Crippen LogP contribution in [0.3, 0.4) is 0 Å². The van der Waals surface area contributed by atoms with Crippen molar-refractivity contribution in [3.8, 4) is 0 Å². The number of aliphatic hydroxyl groups excluding tert-OH is 1. The summed E-state index contributed by atoms with van der Waals surface area (Å²) >= 11 is 0. The Morgan fingerprint density at radius 1 is 1.41 bits per heavy atom. The largest absolute Gasteiger partial charge is 0.469 e. The zero-order chi connectivity index (χ0) is 15.9. The summed E-state index contributed by atoms with van der Waals surface area (Å²) in [5.41, 5.74) is 0.635. The number of esters is 1. The van der Waals surface area contributed by atoms with Crippen LogP contribution in [0.1, 0.15) is 41.3 Å². The Hall–Kier alpha value is -1.95. The van der Waals surface area contributed by atoms with E-state index >= 15 is 0 Å². The summed E-state index contributed by atoms with van der Waals surface area (Å²) in [6, 6.07) is 3.69. The van der Waals surface area contributed by atoms with Crippen molar-refractivity contribution < 1.29 is 23.8 Å². The number of fused-ring (bicyclic) bond motifs is 2. The fraction of sp³-hybridized carbons (Fsp3) is 0.500. The van der Waals surface area contributed by atoms with Crippen molar-refractivity contribution >= 4 is 11.9 Å². The Morgan fingerprint density at radius 3 is 2.91 bits per heavy atom. The monoisotopic (exact) mass is 307 g/mol. The molecule has 1 unspecified atom stereocenters. The van der Waals surface area contributed by atoms with Gasteiger partial charge >= 0.3 is 5.97 Å². The number of piperidine rings is 1. The topological polar surface area (TPSA) is 66.8 Å². The van der Waals surface area contributed by atoms with Gasteiger partial charge in [-0.1, -0.05) is 0 Å². The van der Waals surface area contributed by atoms with E-state index in [4.69, 9.17) is 4.74 Å². The second kappa shape index (κ2) is 5.68. The molecule has 22 heavy (non-hydrogen) atoms. The summed E-state index contributed by atoms with van der Waals surface area (Å²) in [5, 5.41) is 10.3. The zero-order valence-electron chi connectivity index (χ0n) is 12.3. The summed E-state index contributed by atoms with van der Waals surface area (Å²) in [4.78, 5) is 26.1. The number of halogens is 1. The number of hydrogen-bond acceptors (Lipinski definition) is 4. The van der Waals surface area contributed by atoms with Gasteiger partial charge in [0.1, 0.15) is 5.82 Å². The number of methoxy groups -OCH3 is 1. The molecule has 3 rings (SSSR count). The molecule has 2 aliphatic heterocycles. The van der Waals surface area contributed by atoms with Crippen molar-refractivity contribution in [1.82, 2.24) is 4.90 Å². The van der Waals surface area contributed by atoms with E-state index in [1.54, 1.807) is 4.90 Å². The van der Waals surface area contributed by atoms with Crippen LogP contribution in [0.4, 0.5) is 4.39 Å². The van der Waals surface area contributed by atoms with Gasteiger partial charge in [0, 0.05) is 18.2 Å². The molecule has 118 valence electrons. The molecule has 1 aromatic carbocycles. The smallest absolute Gasteiger partial charge is 0.310 e. The Bertz CT molecular complexity index is 618. The molecule has 1 saturated heterocycles. The Labute approximate surface area is 127 Å². The molecule has 5 nitrogen and oxygen atoms in total. The first-order chi connectivity index (χ1) is 10.5. The van der Waals surface area contributed by atoms with Gasteiger partial charge in [-0.25, -0.2) is 4.39 Å². The molecular formula is C16H18FNO4. The van der Waals surface area contributed by atoms with Crippen molar-refractivity contribution in [3.05, 3.63) is 35.1 Å².